The van der Waals surface area contributed by atoms with E-state index in [1.54, 1.807) is 42.5 Å². The number of anilines is 1. The Bertz CT molecular complexity index is 827. The number of rotatable bonds is 3. The number of carbonyl (C=O) groups excluding carboxylic acids is 2. The van der Waals surface area contributed by atoms with E-state index < -0.39 is 5.97 Å². The zero-order valence-electron chi connectivity index (χ0n) is 12.0. The van der Waals surface area contributed by atoms with Crippen LogP contribution in [-0.2, 0) is 16.1 Å². The molecule has 6 heteroatoms. The lowest BCUT2D eigenvalue weighted by atomic mass is 10.1. The van der Waals surface area contributed by atoms with Crippen molar-refractivity contribution in [3.8, 4) is 6.07 Å². The molecule has 0 unspecified atom stereocenters. The maximum atomic E-state index is 12.2. The van der Waals surface area contributed by atoms with Gasteiger partial charge in [0.1, 0.15) is 6.61 Å². The third-order valence-corrected chi connectivity index (χ3v) is 4.42. The fourth-order valence-electron chi connectivity index (χ4n) is 2.19. The average molecular weight is 324 g/mol. The number of thioether (sulfide) groups is 1. The molecule has 5 nitrogen and oxygen atoms in total. The first-order valence-electron chi connectivity index (χ1n) is 6.89. The first-order chi connectivity index (χ1) is 11.2. The van der Waals surface area contributed by atoms with Gasteiger partial charge in [-0.05, 0) is 24.3 Å². The molecule has 1 aliphatic rings. The molecule has 0 radical (unpaired) electrons. The molecular weight excluding hydrogens is 312 g/mol. The molecule has 3 rings (SSSR count). The van der Waals surface area contributed by atoms with Crippen LogP contribution in [0.5, 0.6) is 0 Å². The predicted octanol–water partition coefficient (Wildman–Crippen LogP) is 2.96. The molecule has 2 aromatic rings. The van der Waals surface area contributed by atoms with Gasteiger partial charge in [-0.3, -0.25) is 4.79 Å². The van der Waals surface area contributed by atoms with Gasteiger partial charge in [0, 0.05) is 10.5 Å². The van der Waals surface area contributed by atoms with E-state index >= 15 is 0 Å². The minimum Gasteiger partial charge on any atom is -0.457 e. The molecule has 0 atom stereocenters. The van der Waals surface area contributed by atoms with Crippen molar-refractivity contribution in [3.63, 3.8) is 0 Å². The molecule has 0 spiro atoms. The zero-order chi connectivity index (χ0) is 16.2. The molecular formula is C17H12N2O3S. The molecule has 23 heavy (non-hydrogen) atoms. The van der Waals surface area contributed by atoms with Gasteiger partial charge >= 0.3 is 5.97 Å². The fourth-order valence-corrected chi connectivity index (χ4v) is 2.98. The van der Waals surface area contributed by atoms with Crippen LogP contribution < -0.4 is 5.32 Å². The fraction of sp³-hybridized carbons (Fsp3) is 0.118. The minimum atomic E-state index is -0.495. The van der Waals surface area contributed by atoms with Crippen molar-refractivity contribution in [3.05, 3.63) is 59.2 Å². The van der Waals surface area contributed by atoms with Gasteiger partial charge in [0.15, 0.2) is 0 Å². The van der Waals surface area contributed by atoms with E-state index in [0.717, 1.165) is 4.90 Å². The zero-order valence-corrected chi connectivity index (χ0v) is 12.9. The normalized spacial score (nSPS) is 12.7. The number of carbonyl (C=O) groups is 2. The van der Waals surface area contributed by atoms with Crippen LogP contribution in [-0.4, -0.2) is 17.6 Å². The molecule has 0 saturated carbocycles. The second-order valence-electron chi connectivity index (χ2n) is 4.89. The molecule has 0 fully saturated rings. The van der Waals surface area contributed by atoms with Gasteiger partial charge in [0.25, 0.3) is 0 Å². The minimum absolute atomic E-state index is 0.0285. The van der Waals surface area contributed by atoms with Crippen LogP contribution in [0, 0.1) is 11.3 Å². The number of nitrogens with one attached hydrogen (secondary N) is 1. The number of hydrogen-bond acceptors (Lipinski definition) is 5. The maximum Gasteiger partial charge on any atom is 0.338 e. The summed E-state index contributed by atoms with van der Waals surface area (Å²) >= 11 is 1.43. The maximum absolute atomic E-state index is 12.2. The van der Waals surface area contributed by atoms with Gasteiger partial charge in [-0.1, -0.05) is 18.2 Å². The van der Waals surface area contributed by atoms with Crippen molar-refractivity contribution in [2.24, 2.45) is 0 Å². The first-order valence-corrected chi connectivity index (χ1v) is 7.88. The van der Waals surface area contributed by atoms with Crippen LogP contribution in [0.2, 0.25) is 0 Å². The number of hydrogen-bond donors (Lipinski definition) is 1. The van der Waals surface area contributed by atoms with E-state index in [4.69, 9.17) is 10.00 Å². The number of amides is 1. The molecule has 2 aromatic carbocycles. The topological polar surface area (TPSA) is 79.2 Å². The van der Waals surface area contributed by atoms with Crippen LogP contribution in [0.4, 0.5) is 5.69 Å². The van der Waals surface area contributed by atoms with E-state index in [1.165, 1.54) is 11.8 Å². The van der Waals surface area contributed by atoms with Crippen molar-refractivity contribution >= 4 is 29.3 Å². The Hall–Kier alpha value is -2.78. The van der Waals surface area contributed by atoms with Gasteiger partial charge in [-0.2, -0.15) is 5.26 Å². The summed E-state index contributed by atoms with van der Waals surface area (Å²) in [6.07, 6.45) is 0. The number of benzene rings is 2. The van der Waals surface area contributed by atoms with Crippen molar-refractivity contribution < 1.29 is 14.3 Å². The highest BCUT2D eigenvalue weighted by Gasteiger charge is 2.18. The highest BCUT2D eigenvalue weighted by Crippen LogP contribution is 2.32. The summed E-state index contributed by atoms with van der Waals surface area (Å²) in [5.74, 6) is -0.205. The molecule has 1 heterocycles. The Kier molecular flexibility index (Phi) is 4.31. The van der Waals surface area contributed by atoms with Gasteiger partial charge in [-0.15, -0.1) is 11.8 Å². The summed E-state index contributed by atoms with van der Waals surface area (Å²) < 4.78 is 5.26. The molecule has 0 bridgehead atoms. The summed E-state index contributed by atoms with van der Waals surface area (Å²) in [7, 11) is 0. The molecule has 1 amide bonds. The SMILES string of the molecule is N#Cc1ccccc1COC(=O)c1ccc2c(c1)NC(=O)CS2. The molecule has 114 valence electrons. The third kappa shape index (κ3) is 3.35. The third-order valence-electron chi connectivity index (χ3n) is 3.34. The van der Waals surface area contributed by atoms with Crippen LogP contribution >= 0.6 is 11.8 Å². The highest BCUT2D eigenvalue weighted by molar-refractivity contribution is 8.00. The van der Waals surface area contributed by atoms with Crippen LogP contribution in [0.25, 0.3) is 0 Å². The summed E-state index contributed by atoms with van der Waals surface area (Å²) in [6, 6.07) is 14.1. The highest BCUT2D eigenvalue weighted by atomic mass is 32.2. The second-order valence-corrected chi connectivity index (χ2v) is 5.91. The number of nitrogens with zero attached hydrogens (tertiary/aromatic N) is 1. The van der Waals surface area contributed by atoms with Crippen LogP contribution in [0.3, 0.4) is 0 Å². The molecule has 0 aliphatic carbocycles. The van der Waals surface area contributed by atoms with Crippen molar-refractivity contribution in [2.75, 3.05) is 11.1 Å². The molecule has 1 N–H and O–H groups in total. The molecule has 1 aliphatic heterocycles. The van der Waals surface area contributed by atoms with E-state index in [-0.39, 0.29) is 12.5 Å². The van der Waals surface area contributed by atoms with Crippen molar-refractivity contribution in [2.45, 2.75) is 11.5 Å². The smallest absolute Gasteiger partial charge is 0.338 e. The predicted molar refractivity (Wildman–Crippen MR) is 86.1 cm³/mol. The summed E-state index contributed by atoms with van der Waals surface area (Å²) in [4.78, 5) is 24.5. The average Bonchev–Trinajstić information content (AvgIpc) is 2.59. The lowest BCUT2D eigenvalue weighted by Gasteiger charge is -2.16. The van der Waals surface area contributed by atoms with E-state index in [0.29, 0.717) is 28.1 Å². The second kappa shape index (κ2) is 6.55. The largest absolute Gasteiger partial charge is 0.457 e. The number of ether oxygens (including phenoxy) is 1. The summed E-state index contributed by atoms with van der Waals surface area (Å²) in [6.45, 7) is 0.0285. The van der Waals surface area contributed by atoms with Crippen LogP contribution in [0.15, 0.2) is 47.4 Å². The standard InChI is InChI=1S/C17H12N2O3S/c18-8-12-3-1-2-4-13(12)9-22-17(21)11-5-6-15-14(7-11)19-16(20)10-23-15/h1-7H,9-10H2,(H,19,20). The number of esters is 1. The van der Waals surface area contributed by atoms with E-state index in [2.05, 4.69) is 11.4 Å². The monoisotopic (exact) mass is 324 g/mol. The Balaban J connectivity index is 1.73. The van der Waals surface area contributed by atoms with E-state index in [1.807, 2.05) is 0 Å². The Morgan fingerprint density at radius 1 is 1.30 bits per heavy atom. The Morgan fingerprint density at radius 2 is 2.13 bits per heavy atom. The van der Waals surface area contributed by atoms with Gasteiger partial charge in [0.05, 0.1) is 28.6 Å². The Labute approximate surface area is 137 Å². The van der Waals surface area contributed by atoms with Gasteiger partial charge < -0.3 is 10.1 Å². The molecule has 0 aromatic heterocycles. The van der Waals surface area contributed by atoms with Gasteiger partial charge in [-0.25, -0.2) is 4.79 Å². The molecule has 0 saturated heterocycles. The van der Waals surface area contributed by atoms with Crippen molar-refractivity contribution in [1.29, 1.82) is 5.26 Å². The quantitative estimate of drug-likeness (QED) is 0.878. The van der Waals surface area contributed by atoms with E-state index in [9.17, 15) is 9.59 Å². The number of fused-ring (bicyclic) bond motifs is 1. The Morgan fingerprint density at radius 3 is 2.96 bits per heavy atom. The summed E-state index contributed by atoms with van der Waals surface area (Å²) in [5.41, 5.74) is 2.12. The number of nitriles is 1. The lowest BCUT2D eigenvalue weighted by molar-refractivity contribution is -0.113. The van der Waals surface area contributed by atoms with Crippen LogP contribution in [0.1, 0.15) is 21.5 Å². The summed E-state index contributed by atoms with van der Waals surface area (Å²) in [5, 5.41) is 11.8. The lowest BCUT2D eigenvalue weighted by Crippen LogP contribution is -2.19. The van der Waals surface area contributed by atoms with Crippen molar-refractivity contribution in [1.82, 2.24) is 0 Å². The van der Waals surface area contributed by atoms with Gasteiger partial charge in [0.2, 0.25) is 5.91 Å². The first kappa shape index (κ1) is 15.1.